The fraction of sp³-hybridized carbons (Fsp3) is 0.0492. The van der Waals surface area contributed by atoms with E-state index in [9.17, 15) is 0 Å². The van der Waals surface area contributed by atoms with Gasteiger partial charge in [0.2, 0.25) is 0 Å². The number of hydrogen-bond acceptors (Lipinski definition) is 3. The maximum Gasteiger partial charge on any atom is 0.143 e. The molecule has 2 aromatic heterocycles. The molecule has 0 fully saturated rings. The Labute approximate surface area is 375 Å². The molecule has 0 N–H and O–H groups in total. The van der Waals surface area contributed by atoms with Crippen molar-refractivity contribution in [1.82, 2.24) is 0 Å². The second-order valence-electron chi connectivity index (χ2n) is 17.6. The van der Waals surface area contributed by atoms with Crippen molar-refractivity contribution in [2.75, 3.05) is 4.90 Å². The van der Waals surface area contributed by atoms with E-state index in [4.69, 9.17) is 4.42 Å². The molecule has 2 heterocycles. The van der Waals surface area contributed by atoms with Gasteiger partial charge < -0.3 is 9.32 Å². The Kier molecular flexibility index (Phi) is 8.16. The van der Waals surface area contributed by atoms with E-state index in [1.54, 1.807) is 0 Å². The molecule has 0 atom stereocenters. The Morgan fingerprint density at radius 2 is 1.05 bits per heavy atom. The van der Waals surface area contributed by atoms with E-state index in [0.29, 0.717) is 0 Å². The van der Waals surface area contributed by atoms with Crippen LogP contribution < -0.4 is 4.90 Å². The smallest absolute Gasteiger partial charge is 0.143 e. The first-order valence-electron chi connectivity index (χ1n) is 22.1. The summed E-state index contributed by atoms with van der Waals surface area (Å²) in [6.45, 7) is 4.73. The zero-order valence-corrected chi connectivity index (χ0v) is 36.3. The van der Waals surface area contributed by atoms with Crippen LogP contribution in [0.2, 0.25) is 0 Å². The van der Waals surface area contributed by atoms with E-state index in [-0.39, 0.29) is 5.41 Å². The normalized spacial score (nSPS) is 13.0. The topological polar surface area (TPSA) is 16.4 Å². The van der Waals surface area contributed by atoms with Crippen molar-refractivity contribution < 1.29 is 4.42 Å². The zero-order chi connectivity index (χ0) is 42.5. The van der Waals surface area contributed by atoms with Gasteiger partial charge in [-0.05, 0) is 110 Å². The summed E-state index contributed by atoms with van der Waals surface area (Å²) in [5.74, 6) is 0. The molecule has 1 aliphatic carbocycles. The van der Waals surface area contributed by atoms with Gasteiger partial charge in [-0.2, -0.15) is 0 Å². The second kappa shape index (κ2) is 14.2. The third-order valence-corrected chi connectivity index (χ3v) is 14.9. The lowest BCUT2D eigenvalue weighted by Gasteiger charge is -2.29. The Balaban J connectivity index is 1.07. The molecule has 13 rings (SSSR count). The summed E-state index contributed by atoms with van der Waals surface area (Å²) in [4.78, 5) is 2.47. The average Bonchev–Trinajstić information content (AvgIpc) is 4.00. The van der Waals surface area contributed by atoms with Gasteiger partial charge in [0.15, 0.2) is 0 Å². The summed E-state index contributed by atoms with van der Waals surface area (Å²) in [5.41, 5.74) is 17.3. The van der Waals surface area contributed by atoms with E-state index in [1.165, 1.54) is 70.2 Å². The van der Waals surface area contributed by atoms with Crippen molar-refractivity contribution in [3.05, 3.63) is 223 Å². The Bertz CT molecular complexity index is 3800. The number of rotatable bonds is 6. The maximum absolute atomic E-state index is 6.96. The number of nitrogens with zero attached hydrogens (tertiary/aromatic N) is 1. The summed E-state index contributed by atoms with van der Waals surface area (Å²) >= 11 is 1.87. The lowest BCUT2D eigenvalue weighted by atomic mass is 9.81. The second-order valence-corrected chi connectivity index (χ2v) is 18.7. The van der Waals surface area contributed by atoms with Crippen molar-refractivity contribution >= 4 is 81.3 Å². The van der Waals surface area contributed by atoms with Gasteiger partial charge in [0, 0.05) is 53.3 Å². The number of fused-ring (bicyclic) bond motifs is 11. The molecule has 0 unspecified atom stereocenters. The molecule has 302 valence electrons. The lowest BCUT2D eigenvalue weighted by Crippen LogP contribution is -2.15. The molecule has 64 heavy (non-hydrogen) atoms. The van der Waals surface area contributed by atoms with Gasteiger partial charge in [-0.25, -0.2) is 0 Å². The molecule has 0 aliphatic heterocycles. The average molecular weight is 836 g/mol. The van der Waals surface area contributed by atoms with Crippen molar-refractivity contribution in [2.45, 2.75) is 19.3 Å². The Hall–Kier alpha value is -7.72. The maximum atomic E-state index is 6.96. The number of furan rings is 1. The molecule has 3 heteroatoms. The van der Waals surface area contributed by atoms with Crippen LogP contribution in [0, 0.1) is 0 Å². The first-order chi connectivity index (χ1) is 31.5. The fourth-order valence-corrected chi connectivity index (χ4v) is 11.8. The number of hydrogen-bond donors (Lipinski definition) is 0. The number of thiophene rings is 1. The van der Waals surface area contributed by atoms with Crippen molar-refractivity contribution in [3.8, 4) is 44.5 Å². The Morgan fingerprint density at radius 1 is 0.422 bits per heavy atom. The molecule has 10 aromatic carbocycles. The van der Waals surface area contributed by atoms with Gasteiger partial charge in [0.25, 0.3) is 0 Å². The van der Waals surface area contributed by atoms with Gasteiger partial charge >= 0.3 is 0 Å². The minimum atomic E-state index is -0.145. The molecule has 1 aliphatic rings. The molecule has 2 nitrogen and oxygen atoms in total. The van der Waals surface area contributed by atoms with E-state index in [1.807, 2.05) is 11.3 Å². The molecular formula is C61H41NOS. The molecule has 0 spiro atoms. The van der Waals surface area contributed by atoms with Crippen LogP contribution in [0.3, 0.4) is 0 Å². The minimum absolute atomic E-state index is 0.145. The van der Waals surface area contributed by atoms with Gasteiger partial charge in [-0.15, -0.1) is 11.3 Å². The molecular weight excluding hydrogens is 795 g/mol. The van der Waals surface area contributed by atoms with Crippen LogP contribution in [-0.2, 0) is 5.41 Å². The molecule has 0 amide bonds. The van der Waals surface area contributed by atoms with Crippen molar-refractivity contribution in [1.29, 1.82) is 0 Å². The van der Waals surface area contributed by atoms with Crippen molar-refractivity contribution in [3.63, 3.8) is 0 Å². The van der Waals surface area contributed by atoms with Crippen LogP contribution in [0.15, 0.2) is 217 Å². The van der Waals surface area contributed by atoms with Crippen molar-refractivity contribution in [2.24, 2.45) is 0 Å². The highest BCUT2D eigenvalue weighted by Crippen LogP contribution is 2.53. The molecule has 0 bridgehead atoms. The summed E-state index contributed by atoms with van der Waals surface area (Å²) in [6, 6.07) is 77.9. The van der Waals surface area contributed by atoms with Crippen LogP contribution in [0.4, 0.5) is 17.1 Å². The van der Waals surface area contributed by atoms with Gasteiger partial charge in [0.05, 0.1) is 11.1 Å². The summed E-state index contributed by atoms with van der Waals surface area (Å²) in [7, 11) is 0. The van der Waals surface area contributed by atoms with Gasteiger partial charge in [-0.3, -0.25) is 0 Å². The first kappa shape index (κ1) is 36.9. The van der Waals surface area contributed by atoms with Crippen LogP contribution >= 0.6 is 11.3 Å². The van der Waals surface area contributed by atoms with E-state index in [2.05, 4.69) is 231 Å². The number of benzene rings is 10. The van der Waals surface area contributed by atoms with Crippen LogP contribution in [-0.4, -0.2) is 0 Å². The zero-order valence-electron chi connectivity index (χ0n) is 35.5. The predicted molar refractivity (Wildman–Crippen MR) is 273 cm³/mol. The van der Waals surface area contributed by atoms with E-state index in [0.717, 1.165) is 55.3 Å². The first-order valence-corrected chi connectivity index (χ1v) is 22.9. The monoisotopic (exact) mass is 835 g/mol. The molecule has 0 saturated carbocycles. The molecule has 0 radical (unpaired) electrons. The Morgan fingerprint density at radius 3 is 1.88 bits per heavy atom. The quantitative estimate of drug-likeness (QED) is 0.166. The highest BCUT2D eigenvalue weighted by molar-refractivity contribution is 7.26. The van der Waals surface area contributed by atoms with Crippen LogP contribution in [0.5, 0.6) is 0 Å². The molecule has 0 saturated heterocycles. The summed E-state index contributed by atoms with van der Waals surface area (Å²) in [6.07, 6.45) is 0. The van der Waals surface area contributed by atoms with E-state index < -0.39 is 0 Å². The molecule has 12 aromatic rings. The fourth-order valence-electron chi connectivity index (χ4n) is 10.5. The van der Waals surface area contributed by atoms with Gasteiger partial charge in [0.1, 0.15) is 11.2 Å². The third kappa shape index (κ3) is 5.57. The predicted octanol–water partition coefficient (Wildman–Crippen LogP) is 17.9. The highest BCUT2D eigenvalue weighted by atomic mass is 32.1. The summed E-state index contributed by atoms with van der Waals surface area (Å²) < 4.78 is 9.59. The van der Waals surface area contributed by atoms with Crippen LogP contribution in [0.1, 0.15) is 25.0 Å². The minimum Gasteiger partial charge on any atom is -0.455 e. The largest absolute Gasteiger partial charge is 0.455 e. The summed E-state index contributed by atoms with van der Waals surface area (Å²) in [5, 5.41) is 7.07. The highest BCUT2D eigenvalue weighted by Gasteiger charge is 2.36. The van der Waals surface area contributed by atoms with Crippen LogP contribution in [0.25, 0.3) is 97.4 Å². The standard InChI is InChI=1S/C61H41NOS/c1-61(2)53-21-10-8-17-48(53)49-33-28-42(37-54(49)61)45-35-36-55-57(52-34-27-40-15-6-7-16-46(40)59(52)63-55)58(45)62(43-29-23-39(24-30-43)38-13-4-3-5-14-38)44-31-25-41(26-32-44)47-19-12-20-51-50-18-9-11-22-56(50)64-60(47)51/h3-37H,1-2H3. The third-order valence-electron chi connectivity index (χ3n) is 13.7. The van der Waals surface area contributed by atoms with Gasteiger partial charge in [-0.1, -0.05) is 172 Å². The lowest BCUT2D eigenvalue weighted by molar-refractivity contribution is 0.660. The number of anilines is 3. The SMILES string of the molecule is CC1(C)c2ccccc2-c2ccc(-c3ccc4oc5c6ccccc6ccc5c4c3N(c3ccc(-c4ccccc4)cc3)c3ccc(-c4cccc5c4sc4ccccc45)cc3)cc21. The van der Waals surface area contributed by atoms with E-state index >= 15 is 0 Å².